The van der Waals surface area contributed by atoms with Gasteiger partial charge < -0.3 is 14.4 Å². The Morgan fingerprint density at radius 1 is 1.45 bits per heavy atom. The molecule has 1 aliphatic carbocycles. The van der Waals surface area contributed by atoms with Gasteiger partial charge in [-0.05, 0) is 39.7 Å². The van der Waals surface area contributed by atoms with E-state index in [1.54, 1.807) is 4.68 Å². The average molecular weight is 307 g/mol. The van der Waals surface area contributed by atoms with Crippen molar-refractivity contribution in [2.75, 3.05) is 19.8 Å². The molecule has 2 heterocycles. The molecule has 122 valence electrons. The molecule has 6 nitrogen and oxygen atoms in total. The number of fused-ring (bicyclic) bond motifs is 1. The first kappa shape index (κ1) is 15.5. The summed E-state index contributed by atoms with van der Waals surface area (Å²) in [7, 11) is 0. The third kappa shape index (κ3) is 2.65. The van der Waals surface area contributed by atoms with Crippen molar-refractivity contribution in [1.82, 2.24) is 14.7 Å². The molecule has 2 aliphatic rings. The molecule has 6 heteroatoms. The molecule has 0 radical (unpaired) electrons. The SMILES string of the molecule is CCO[C@@H]1CC[C@@H]2[C@H]1OCCN2C(=O)c1cc(C)nn1CC. The molecule has 0 N–H and O–H groups in total. The van der Waals surface area contributed by atoms with Crippen LogP contribution in [0.3, 0.4) is 0 Å². The lowest BCUT2D eigenvalue weighted by Gasteiger charge is -2.39. The second-order valence-corrected chi connectivity index (χ2v) is 5.96. The first-order chi connectivity index (χ1) is 10.7. The monoisotopic (exact) mass is 307 g/mol. The van der Waals surface area contributed by atoms with Crippen LogP contribution < -0.4 is 0 Å². The molecule has 0 bridgehead atoms. The van der Waals surface area contributed by atoms with E-state index in [1.165, 1.54) is 0 Å². The van der Waals surface area contributed by atoms with E-state index >= 15 is 0 Å². The van der Waals surface area contributed by atoms with E-state index in [2.05, 4.69) is 5.10 Å². The smallest absolute Gasteiger partial charge is 0.272 e. The maximum Gasteiger partial charge on any atom is 0.272 e. The van der Waals surface area contributed by atoms with Gasteiger partial charge in [0.25, 0.3) is 5.91 Å². The maximum atomic E-state index is 13.0. The summed E-state index contributed by atoms with van der Waals surface area (Å²) in [5, 5.41) is 4.39. The van der Waals surface area contributed by atoms with Crippen LogP contribution in [0, 0.1) is 6.92 Å². The Hall–Kier alpha value is -1.40. The summed E-state index contributed by atoms with van der Waals surface area (Å²) in [6.07, 6.45) is 2.03. The predicted molar refractivity (Wildman–Crippen MR) is 81.9 cm³/mol. The molecule has 1 aromatic heterocycles. The Morgan fingerprint density at radius 3 is 3.00 bits per heavy atom. The topological polar surface area (TPSA) is 56.6 Å². The molecule has 2 fully saturated rings. The Labute approximate surface area is 131 Å². The summed E-state index contributed by atoms with van der Waals surface area (Å²) in [6.45, 7) is 8.55. The molecule has 0 spiro atoms. The molecule has 3 rings (SSSR count). The standard InChI is InChI=1S/C16H25N3O3/c1-4-19-13(10-11(3)17-19)16(20)18-8-9-22-15-12(18)6-7-14(15)21-5-2/h10,12,14-15H,4-9H2,1-3H3/t12-,14-,15-/m1/s1. The zero-order valence-corrected chi connectivity index (χ0v) is 13.6. The van der Waals surface area contributed by atoms with Gasteiger partial charge in [0.1, 0.15) is 11.8 Å². The van der Waals surface area contributed by atoms with Crippen LogP contribution in [0.1, 0.15) is 42.9 Å². The summed E-state index contributed by atoms with van der Waals surface area (Å²) in [4.78, 5) is 14.9. The minimum absolute atomic E-state index is 0.0109. The van der Waals surface area contributed by atoms with Crippen LogP contribution >= 0.6 is 0 Å². The summed E-state index contributed by atoms with van der Waals surface area (Å²) < 4.78 is 13.5. The van der Waals surface area contributed by atoms with Crippen molar-refractivity contribution in [1.29, 1.82) is 0 Å². The molecular weight excluding hydrogens is 282 g/mol. The summed E-state index contributed by atoms with van der Waals surface area (Å²) in [5.41, 5.74) is 1.56. The Morgan fingerprint density at radius 2 is 2.27 bits per heavy atom. The normalized spacial score (nSPS) is 28.0. The lowest BCUT2D eigenvalue weighted by molar-refractivity contribution is -0.103. The number of hydrogen-bond acceptors (Lipinski definition) is 4. The quantitative estimate of drug-likeness (QED) is 0.848. The number of ether oxygens (including phenoxy) is 2. The van der Waals surface area contributed by atoms with Gasteiger partial charge in [-0.3, -0.25) is 9.48 Å². The third-order valence-electron chi connectivity index (χ3n) is 4.60. The number of carbonyl (C=O) groups excluding carboxylic acids is 1. The summed E-state index contributed by atoms with van der Waals surface area (Å²) >= 11 is 0. The first-order valence-electron chi connectivity index (χ1n) is 8.24. The molecule has 0 aromatic carbocycles. The van der Waals surface area contributed by atoms with Gasteiger partial charge in [-0.25, -0.2) is 0 Å². The van der Waals surface area contributed by atoms with Gasteiger partial charge in [0.05, 0.1) is 24.4 Å². The molecule has 22 heavy (non-hydrogen) atoms. The van der Waals surface area contributed by atoms with E-state index in [0.29, 0.717) is 32.0 Å². The number of aromatic nitrogens is 2. The minimum Gasteiger partial charge on any atom is -0.376 e. The van der Waals surface area contributed by atoms with Crippen molar-refractivity contribution in [3.63, 3.8) is 0 Å². The number of carbonyl (C=O) groups is 1. The van der Waals surface area contributed by atoms with Crippen LogP contribution in [-0.4, -0.2) is 58.6 Å². The fraction of sp³-hybridized carbons (Fsp3) is 0.750. The van der Waals surface area contributed by atoms with Crippen molar-refractivity contribution in [3.05, 3.63) is 17.5 Å². The van der Waals surface area contributed by atoms with E-state index in [9.17, 15) is 4.79 Å². The third-order valence-corrected chi connectivity index (χ3v) is 4.60. The highest BCUT2D eigenvalue weighted by atomic mass is 16.5. The molecule has 3 atom stereocenters. The Kier molecular flexibility index (Phi) is 4.49. The van der Waals surface area contributed by atoms with Crippen LogP contribution in [0.25, 0.3) is 0 Å². The van der Waals surface area contributed by atoms with Crippen LogP contribution in [0.15, 0.2) is 6.07 Å². The average Bonchev–Trinajstić information content (AvgIpc) is 3.10. The van der Waals surface area contributed by atoms with Crippen LogP contribution in [0.2, 0.25) is 0 Å². The highest BCUT2D eigenvalue weighted by Crippen LogP contribution is 2.33. The minimum atomic E-state index is 0.0109. The fourth-order valence-electron chi connectivity index (χ4n) is 3.67. The van der Waals surface area contributed by atoms with Crippen LogP contribution in [-0.2, 0) is 16.0 Å². The lowest BCUT2D eigenvalue weighted by atomic mass is 10.1. The fourth-order valence-corrected chi connectivity index (χ4v) is 3.67. The Balaban J connectivity index is 1.80. The summed E-state index contributed by atoms with van der Waals surface area (Å²) in [6, 6.07) is 2.00. The Bertz CT molecular complexity index is 543. The largest absolute Gasteiger partial charge is 0.376 e. The van der Waals surface area contributed by atoms with E-state index in [0.717, 1.165) is 18.5 Å². The van der Waals surface area contributed by atoms with Gasteiger partial charge >= 0.3 is 0 Å². The van der Waals surface area contributed by atoms with Crippen molar-refractivity contribution in [3.8, 4) is 0 Å². The van der Waals surface area contributed by atoms with E-state index in [4.69, 9.17) is 9.47 Å². The van der Waals surface area contributed by atoms with Gasteiger partial charge in [0.2, 0.25) is 0 Å². The zero-order valence-electron chi connectivity index (χ0n) is 13.6. The molecule has 1 aliphatic heterocycles. The van der Waals surface area contributed by atoms with Crippen molar-refractivity contribution in [2.24, 2.45) is 0 Å². The second-order valence-electron chi connectivity index (χ2n) is 5.96. The molecule has 1 aromatic rings. The molecule has 1 saturated carbocycles. The number of amides is 1. The van der Waals surface area contributed by atoms with Gasteiger partial charge in [-0.15, -0.1) is 0 Å². The molecule has 1 saturated heterocycles. The highest BCUT2D eigenvalue weighted by molar-refractivity contribution is 5.93. The zero-order chi connectivity index (χ0) is 15.7. The predicted octanol–water partition coefficient (Wildman–Crippen LogP) is 1.62. The highest BCUT2D eigenvalue weighted by Gasteiger charge is 2.45. The number of hydrogen-bond donors (Lipinski definition) is 0. The van der Waals surface area contributed by atoms with Crippen molar-refractivity contribution in [2.45, 2.75) is 58.4 Å². The first-order valence-corrected chi connectivity index (χ1v) is 8.24. The molecular formula is C16H25N3O3. The second kappa shape index (κ2) is 6.38. The number of aryl methyl sites for hydroxylation is 2. The summed E-state index contributed by atoms with van der Waals surface area (Å²) in [5.74, 6) is 0.0675. The maximum absolute atomic E-state index is 13.0. The lowest BCUT2D eigenvalue weighted by Crippen LogP contribution is -2.54. The van der Waals surface area contributed by atoms with Crippen LogP contribution in [0.4, 0.5) is 0 Å². The van der Waals surface area contributed by atoms with E-state index in [-0.39, 0.29) is 24.2 Å². The number of rotatable bonds is 4. The van der Waals surface area contributed by atoms with Gasteiger partial charge in [-0.2, -0.15) is 5.10 Å². The van der Waals surface area contributed by atoms with E-state index < -0.39 is 0 Å². The van der Waals surface area contributed by atoms with Gasteiger partial charge in [-0.1, -0.05) is 0 Å². The number of morpholine rings is 1. The molecule has 0 unspecified atom stereocenters. The van der Waals surface area contributed by atoms with Gasteiger partial charge in [0.15, 0.2) is 0 Å². The van der Waals surface area contributed by atoms with Crippen molar-refractivity contribution >= 4 is 5.91 Å². The molecule has 1 amide bonds. The number of nitrogens with zero attached hydrogens (tertiary/aromatic N) is 3. The van der Waals surface area contributed by atoms with Gasteiger partial charge in [0, 0.05) is 19.7 Å². The van der Waals surface area contributed by atoms with Crippen LogP contribution in [0.5, 0.6) is 0 Å². The van der Waals surface area contributed by atoms with Crippen molar-refractivity contribution < 1.29 is 14.3 Å². The van der Waals surface area contributed by atoms with E-state index in [1.807, 2.05) is 31.7 Å².